The van der Waals surface area contributed by atoms with Gasteiger partial charge in [-0.05, 0) is 30.4 Å². The van der Waals surface area contributed by atoms with Crippen molar-refractivity contribution in [3.8, 4) is 0 Å². The molecule has 2 heterocycles. The van der Waals surface area contributed by atoms with Crippen LogP contribution in [0.5, 0.6) is 0 Å². The Balaban J connectivity index is 2.15. The van der Waals surface area contributed by atoms with Crippen LogP contribution in [0.2, 0.25) is 0 Å². The highest BCUT2D eigenvalue weighted by atomic mass is 19.4. The summed E-state index contributed by atoms with van der Waals surface area (Å²) in [6.45, 7) is 3.40. The van der Waals surface area contributed by atoms with Crippen LogP contribution in [0, 0.1) is 0 Å². The Morgan fingerprint density at radius 1 is 1.41 bits per heavy atom. The van der Waals surface area contributed by atoms with Crippen molar-refractivity contribution >= 4 is 5.91 Å². The van der Waals surface area contributed by atoms with E-state index in [0.717, 1.165) is 10.5 Å². The number of amides is 1. The molecule has 1 aromatic heterocycles. The number of nitrogens with zero attached hydrogens (tertiary/aromatic N) is 2. The number of piperidine rings is 1. The smallest absolute Gasteiger partial charge is 0.379 e. The molecule has 1 atom stereocenters. The maximum atomic E-state index is 12.9. The average molecular weight is 316 g/mol. The van der Waals surface area contributed by atoms with Gasteiger partial charge >= 0.3 is 6.18 Å². The highest BCUT2D eigenvalue weighted by Crippen LogP contribution is 2.37. The Kier molecular flexibility index (Phi) is 4.47. The van der Waals surface area contributed by atoms with E-state index >= 15 is 0 Å². The zero-order chi connectivity index (χ0) is 16.5. The van der Waals surface area contributed by atoms with Crippen LogP contribution in [-0.2, 0) is 0 Å². The van der Waals surface area contributed by atoms with Gasteiger partial charge in [0.25, 0.3) is 5.91 Å². The lowest BCUT2D eigenvalue weighted by Crippen LogP contribution is -2.58. The fraction of sp³-hybridized carbons (Fsp3) is 0.600. The molecular formula is C15H19F3N2O2. The lowest BCUT2D eigenvalue weighted by Gasteiger charge is -2.39. The topological polar surface area (TPSA) is 53.4 Å². The molecule has 2 rings (SSSR count). The van der Waals surface area contributed by atoms with Crippen LogP contribution in [0.25, 0.3) is 0 Å². The molecule has 1 amide bonds. The molecule has 1 N–H and O–H groups in total. The first-order valence-corrected chi connectivity index (χ1v) is 7.18. The van der Waals surface area contributed by atoms with Crippen molar-refractivity contribution in [2.45, 2.75) is 44.4 Å². The van der Waals surface area contributed by atoms with Crippen LogP contribution in [0.3, 0.4) is 0 Å². The monoisotopic (exact) mass is 316 g/mol. The number of aromatic nitrogens is 1. The van der Waals surface area contributed by atoms with Gasteiger partial charge in [-0.3, -0.25) is 9.78 Å². The minimum atomic E-state index is -4.75. The van der Waals surface area contributed by atoms with Crippen LogP contribution in [-0.4, -0.2) is 45.8 Å². The molecule has 7 heteroatoms. The number of hydrogen-bond acceptors (Lipinski definition) is 3. The van der Waals surface area contributed by atoms with E-state index in [0.29, 0.717) is 0 Å². The maximum Gasteiger partial charge on any atom is 0.418 e. The largest absolute Gasteiger partial charge is 0.418 e. The summed E-state index contributed by atoms with van der Waals surface area (Å²) in [5.74, 6) is -0.334. The fourth-order valence-electron chi connectivity index (χ4n) is 2.48. The number of alkyl halides is 3. The third kappa shape index (κ3) is 3.24. The summed E-state index contributed by atoms with van der Waals surface area (Å²) < 4.78 is 38.7. The first-order valence-electron chi connectivity index (χ1n) is 7.18. The van der Waals surface area contributed by atoms with Gasteiger partial charge in [-0.1, -0.05) is 19.9 Å². The van der Waals surface area contributed by atoms with Crippen molar-refractivity contribution in [2.24, 2.45) is 0 Å². The van der Waals surface area contributed by atoms with Gasteiger partial charge < -0.3 is 10.0 Å². The molecule has 0 spiro atoms. The summed E-state index contributed by atoms with van der Waals surface area (Å²) in [6, 6.07) is 3.25. The molecule has 1 aromatic rings. The lowest BCUT2D eigenvalue weighted by atomic mass is 9.92. The number of β-amino-alcohol motifs (C(OH)–C–C–N with tert-alkyl or cyclic N) is 1. The SMILES string of the molecule is CC(C)c1ccc(C(=O)N2CCC[C@@](O)(C(F)(F)F)C2)nc1. The Labute approximate surface area is 127 Å². The predicted molar refractivity (Wildman–Crippen MR) is 74.5 cm³/mol. The number of carbonyl (C=O) groups is 1. The summed E-state index contributed by atoms with van der Waals surface area (Å²) >= 11 is 0. The van der Waals surface area contributed by atoms with E-state index in [-0.39, 0.29) is 31.0 Å². The second-order valence-electron chi connectivity index (χ2n) is 5.99. The number of carbonyl (C=O) groups excluding carboxylic acids is 1. The van der Waals surface area contributed by atoms with Gasteiger partial charge in [-0.25, -0.2) is 0 Å². The Bertz CT molecular complexity index is 543. The summed E-state index contributed by atoms with van der Waals surface area (Å²) in [4.78, 5) is 17.3. The van der Waals surface area contributed by atoms with Gasteiger partial charge in [0.2, 0.25) is 0 Å². The highest BCUT2D eigenvalue weighted by molar-refractivity contribution is 5.92. The second-order valence-corrected chi connectivity index (χ2v) is 5.99. The van der Waals surface area contributed by atoms with Crippen molar-refractivity contribution in [1.29, 1.82) is 0 Å². The molecule has 22 heavy (non-hydrogen) atoms. The number of pyridine rings is 1. The molecule has 0 unspecified atom stereocenters. The molecule has 1 aliphatic rings. The number of aliphatic hydroxyl groups is 1. The van der Waals surface area contributed by atoms with E-state index in [1.165, 1.54) is 6.07 Å². The minimum Gasteiger partial charge on any atom is -0.379 e. The van der Waals surface area contributed by atoms with Crippen molar-refractivity contribution in [3.63, 3.8) is 0 Å². The standard InChI is InChI=1S/C15H19F3N2O2/c1-10(2)11-4-5-12(19-8-11)13(21)20-7-3-6-14(22,9-20)15(16,17)18/h4-5,8,10,22H,3,6-7,9H2,1-2H3/t14-/m0/s1. The molecule has 0 aromatic carbocycles. The van der Waals surface area contributed by atoms with Gasteiger partial charge in [0.05, 0.1) is 6.54 Å². The Hall–Kier alpha value is -1.63. The molecule has 4 nitrogen and oxygen atoms in total. The number of likely N-dealkylation sites (tertiary alicyclic amines) is 1. The van der Waals surface area contributed by atoms with Gasteiger partial charge in [-0.15, -0.1) is 0 Å². The van der Waals surface area contributed by atoms with Crippen molar-refractivity contribution in [2.75, 3.05) is 13.1 Å². The van der Waals surface area contributed by atoms with E-state index in [4.69, 9.17) is 0 Å². The molecule has 0 bridgehead atoms. The number of rotatable bonds is 2. The quantitative estimate of drug-likeness (QED) is 0.913. The number of hydrogen-bond donors (Lipinski definition) is 1. The predicted octanol–water partition coefficient (Wildman–Crippen LogP) is 2.73. The van der Waals surface area contributed by atoms with E-state index in [1.54, 1.807) is 12.3 Å². The van der Waals surface area contributed by atoms with Gasteiger partial charge in [-0.2, -0.15) is 13.2 Å². The van der Waals surface area contributed by atoms with Gasteiger partial charge in [0.15, 0.2) is 5.60 Å². The van der Waals surface area contributed by atoms with Crippen molar-refractivity contribution in [3.05, 3.63) is 29.6 Å². The first kappa shape index (κ1) is 16.7. The van der Waals surface area contributed by atoms with Crippen LogP contribution in [0.15, 0.2) is 18.3 Å². The number of halogens is 3. The third-order valence-corrected chi connectivity index (χ3v) is 3.96. The zero-order valence-electron chi connectivity index (χ0n) is 12.5. The van der Waals surface area contributed by atoms with E-state index in [9.17, 15) is 23.1 Å². The van der Waals surface area contributed by atoms with Crippen LogP contribution < -0.4 is 0 Å². The van der Waals surface area contributed by atoms with E-state index in [2.05, 4.69) is 4.98 Å². The zero-order valence-corrected chi connectivity index (χ0v) is 12.5. The molecule has 1 saturated heterocycles. The van der Waals surface area contributed by atoms with E-state index in [1.807, 2.05) is 13.8 Å². The first-order chi connectivity index (χ1) is 10.1. The summed E-state index contributed by atoms with van der Waals surface area (Å²) in [5, 5.41) is 9.75. The van der Waals surface area contributed by atoms with Crippen molar-refractivity contribution < 1.29 is 23.1 Å². The minimum absolute atomic E-state index is 0.0934. The molecular weight excluding hydrogens is 297 g/mol. The van der Waals surface area contributed by atoms with Crippen LogP contribution >= 0.6 is 0 Å². The molecule has 0 radical (unpaired) electrons. The summed E-state index contributed by atoms with van der Waals surface area (Å²) in [5.41, 5.74) is -1.79. The fourth-order valence-corrected chi connectivity index (χ4v) is 2.48. The average Bonchev–Trinajstić information content (AvgIpc) is 2.45. The van der Waals surface area contributed by atoms with Crippen LogP contribution in [0.1, 0.15) is 48.7 Å². The van der Waals surface area contributed by atoms with Gasteiger partial charge in [0, 0.05) is 12.7 Å². The molecule has 1 fully saturated rings. The molecule has 1 aliphatic heterocycles. The highest BCUT2D eigenvalue weighted by Gasteiger charge is 2.56. The van der Waals surface area contributed by atoms with Gasteiger partial charge in [0.1, 0.15) is 5.69 Å². The normalized spacial score (nSPS) is 23.0. The maximum absolute atomic E-state index is 12.9. The summed E-state index contributed by atoms with van der Waals surface area (Å²) in [6.07, 6.45) is -3.48. The summed E-state index contributed by atoms with van der Waals surface area (Å²) in [7, 11) is 0. The Morgan fingerprint density at radius 2 is 2.09 bits per heavy atom. The lowest BCUT2D eigenvalue weighted by molar-refractivity contribution is -0.271. The Morgan fingerprint density at radius 3 is 2.59 bits per heavy atom. The molecule has 0 aliphatic carbocycles. The molecule has 0 saturated carbocycles. The van der Waals surface area contributed by atoms with E-state index < -0.39 is 24.2 Å². The van der Waals surface area contributed by atoms with Crippen molar-refractivity contribution in [1.82, 2.24) is 9.88 Å². The molecule has 122 valence electrons. The second kappa shape index (κ2) is 5.87. The van der Waals surface area contributed by atoms with Crippen LogP contribution in [0.4, 0.5) is 13.2 Å². The third-order valence-electron chi connectivity index (χ3n) is 3.96.